The summed E-state index contributed by atoms with van der Waals surface area (Å²) >= 11 is 11.2. The largest absolute Gasteiger partial charge is 0.417 e. The summed E-state index contributed by atoms with van der Waals surface area (Å²) in [6.07, 6.45) is -2.50. The van der Waals surface area contributed by atoms with Gasteiger partial charge in [-0.3, -0.25) is 4.98 Å². The number of hydrogen-bond donors (Lipinski definition) is 0. The second kappa shape index (κ2) is 4.70. The standard InChI is InChI=1S/C10H4Cl2F3N3/c11-8-2-7(17-9(12)18-8)5-1-6(4-16-3-5)10(13,14)15/h1-4H. The Hall–Kier alpha value is -1.40. The Balaban J connectivity index is 2.51. The van der Waals surface area contributed by atoms with Crippen LogP contribution in [0.5, 0.6) is 0 Å². The topological polar surface area (TPSA) is 38.7 Å². The summed E-state index contributed by atoms with van der Waals surface area (Å²) in [6, 6.07) is 2.23. The summed E-state index contributed by atoms with van der Waals surface area (Å²) in [5, 5.41) is -0.0997. The third-order valence-electron chi connectivity index (χ3n) is 2.03. The molecule has 0 unspecified atom stereocenters. The number of nitrogens with zero attached hydrogens (tertiary/aromatic N) is 3. The van der Waals surface area contributed by atoms with Crippen LogP contribution in [-0.2, 0) is 6.18 Å². The van der Waals surface area contributed by atoms with Gasteiger partial charge in [-0.15, -0.1) is 0 Å². The molecule has 18 heavy (non-hydrogen) atoms. The van der Waals surface area contributed by atoms with Crippen LogP contribution < -0.4 is 0 Å². The minimum absolute atomic E-state index is 0.0439. The molecule has 0 atom stereocenters. The molecule has 2 aromatic rings. The Morgan fingerprint density at radius 1 is 1.00 bits per heavy atom. The Morgan fingerprint density at radius 3 is 2.33 bits per heavy atom. The van der Waals surface area contributed by atoms with Crippen LogP contribution in [0.2, 0.25) is 10.4 Å². The Kier molecular flexibility index (Phi) is 3.41. The molecule has 0 saturated carbocycles. The highest BCUT2D eigenvalue weighted by Crippen LogP contribution is 2.31. The minimum atomic E-state index is -4.47. The van der Waals surface area contributed by atoms with E-state index in [1.54, 1.807) is 0 Å². The van der Waals surface area contributed by atoms with Gasteiger partial charge in [0.25, 0.3) is 0 Å². The van der Waals surface area contributed by atoms with Crippen molar-refractivity contribution in [3.05, 3.63) is 40.5 Å². The van der Waals surface area contributed by atoms with E-state index in [2.05, 4.69) is 15.0 Å². The number of aromatic nitrogens is 3. The van der Waals surface area contributed by atoms with Crippen LogP contribution in [0.3, 0.4) is 0 Å². The molecule has 0 amide bonds. The Morgan fingerprint density at radius 2 is 1.72 bits per heavy atom. The molecule has 3 nitrogen and oxygen atoms in total. The van der Waals surface area contributed by atoms with E-state index in [0.717, 1.165) is 12.3 Å². The summed E-state index contributed by atoms with van der Waals surface area (Å²) < 4.78 is 37.6. The van der Waals surface area contributed by atoms with Gasteiger partial charge in [-0.25, -0.2) is 9.97 Å². The molecule has 0 aliphatic heterocycles. The number of halogens is 5. The van der Waals surface area contributed by atoms with E-state index in [1.807, 2.05) is 0 Å². The van der Waals surface area contributed by atoms with E-state index in [4.69, 9.17) is 23.2 Å². The summed E-state index contributed by atoms with van der Waals surface area (Å²) in [7, 11) is 0. The van der Waals surface area contributed by atoms with Crippen LogP contribution in [0.15, 0.2) is 24.5 Å². The smallest absolute Gasteiger partial charge is 0.263 e. The molecule has 0 fully saturated rings. The second-order valence-electron chi connectivity index (χ2n) is 3.30. The summed E-state index contributed by atoms with van der Waals surface area (Å²) in [6.45, 7) is 0. The third kappa shape index (κ3) is 2.88. The fourth-order valence-corrected chi connectivity index (χ4v) is 1.68. The number of rotatable bonds is 1. The quantitative estimate of drug-likeness (QED) is 0.592. The zero-order valence-electron chi connectivity index (χ0n) is 8.54. The number of alkyl halides is 3. The predicted octanol–water partition coefficient (Wildman–Crippen LogP) is 3.86. The highest BCUT2D eigenvalue weighted by Gasteiger charge is 2.31. The van der Waals surface area contributed by atoms with E-state index >= 15 is 0 Å². The normalized spacial score (nSPS) is 11.6. The molecule has 2 rings (SSSR count). The Bertz CT molecular complexity index is 567. The third-order valence-corrected chi connectivity index (χ3v) is 2.39. The van der Waals surface area contributed by atoms with Crippen LogP contribution in [0.4, 0.5) is 13.2 Å². The summed E-state index contributed by atoms with van der Waals surface area (Å²) in [5.41, 5.74) is -0.527. The monoisotopic (exact) mass is 293 g/mol. The van der Waals surface area contributed by atoms with Crippen molar-refractivity contribution >= 4 is 23.2 Å². The van der Waals surface area contributed by atoms with Crippen molar-refractivity contribution in [1.82, 2.24) is 15.0 Å². The van der Waals surface area contributed by atoms with Gasteiger partial charge in [-0.2, -0.15) is 13.2 Å². The molecule has 0 radical (unpaired) electrons. The Labute approximate surface area is 110 Å². The number of hydrogen-bond acceptors (Lipinski definition) is 3. The van der Waals surface area contributed by atoms with Crippen molar-refractivity contribution in [3.63, 3.8) is 0 Å². The van der Waals surface area contributed by atoms with Gasteiger partial charge >= 0.3 is 6.18 Å². The lowest BCUT2D eigenvalue weighted by Crippen LogP contribution is -2.05. The fourth-order valence-electron chi connectivity index (χ4n) is 1.27. The SMILES string of the molecule is FC(F)(F)c1cncc(-c2cc(Cl)nc(Cl)n2)c1. The molecule has 94 valence electrons. The highest BCUT2D eigenvalue weighted by atomic mass is 35.5. The average Bonchev–Trinajstić information content (AvgIpc) is 2.27. The van der Waals surface area contributed by atoms with E-state index < -0.39 is 11.7 Å². The van der Waals surface area contributed by atoms with Crippen molar-refractivity contribution < 1.29 is 13.2 Å². The van der Waals surface area contributed by atoms with E-state index in [9.17, 15) is 13.2 Å². The van der Waals surface area contributed by atoms with Crippen LogP contribution in [0.25, 0.3) is 11.3 Å². The minimum Gasteiger partial charge on any atom is -0.263 e. The van der Waals surface area contributed by atoms with Gasteiger partial charge in [0, 0.05) is 24.0 Å². The molecule has 0 N–H and O–H groups in total. The predicted molar refractivity (Wildman–Crippen MR) is 60.3 cm³/mol. The fraction of sp³-hybridized carbons (Fsp3) is 0.100. The molecular weight excluding hydrogens is 290 g/mol. The lowest BCUT2D eigenvalue weighted by molar-refractivity contribution is -0.137. The first-order valence-corrected chi connectivity index (χ1v) is 5.34. The average molecular weight is 294 g/mol. The molecule has 0 aromatic carbocycles. The zero-order valence-corrected chi connectivity index (χ0v) is 10.1. The van der Waals surface area contributed by atoms with Crippen LogP contribution in [0, 0.1) is 0 Å². The van der Waals surface area contributed by atoms with Gasteiger partial charge < -0.3 is 0 Å². The maximum absolute atomic E-state index is 12.5. The molecular formula is C10H4Cl2F3N3. The van der Waals surface area contributed by atoms with Crippen molar-refractivity contribution in [2.75, 3.05) is 0 Å². The van der Waals surface area contributed by atoms with Crippen molar-refractivity contribution in [2.24, 2.45) is 0 Å². The maximum atomic E-state index is 12.5. The summed E-state index contributed by atoms with van der Waals surface area (Å²) in [4.78, 5) is 10.9. The van der Waals surface area contributed by atoms with Crippen LogP contribution >= 0.6 is 23.2 Å². The second-order valence-corrected chi connectivity index (χ2v) is 4.03. The van der Waals surface area contributed by atoms with Gasteiger partial charge in [0.1, 0.15) is 5.15 Å². The van der Waals surface area contributed by atoms with E-state index in [0.29, 0.717) is 0 Å². The molecule has 0 saturated heterocycles. The molecule has 0 aliphatic carbocycles. The first-order chi connectivity index (χ1) is 8.36. The van der Waals surface area contributed by atoms with E-state index in [1.165, 1.54) is 12.3 Å². The van der Waals surface area contributed by atoms with Crippen molar-refractivity contribution in [1.29, 1.82) is 0 Å². The highest BCUT2D eigenvalue weighted by molar-refractivity contribution is 6.32. The molecule has 0 aliphatic rings. The molecule has 0 bridgehead atoms. The van der Waals surface area contributed by atoms with Crippen LogP contribution in [0.1, 0.15) is 5.56 Å². The lowest BCUT2D eigenvalue weighted by Gasteiger charge is -2.07. The molecule has 0 spiro atoms. The van der Waals surface area contributed by atoms with Gasteiger partial charge in [-0.05, 0) is 17.7 Å². The van der Waals surface area contributed by atoms with Gasteiger partial charge in [0.15, 0.2) is 0 Å². The molecule has 2 aromatic heterocycles. The van der Waals surface area contributed by atoms with Crippen LogP contribution in [-0.4, -0.2) is 15.0 Å². The van der Waals surface area contributed by atoms with Crippen molar-refractivity contribution in [2.45, 2.75) is 6.18 Å². The molecule has 8 heteroatoms. The summed E-state index contributed by atoms with van der Waals surface area (Å²) in [5.74, 6) is 0. The molecule has 2 heterocycles. The van der Waals surface area contributed by atoms with Gasteiger partial charge in [0.05, 0.1) is 11.3 Å². The first kappa shape index (κ1) is 13.0. The van der Waals surface area contributed by atoms with Crippen molar-refractivity contribution in [3.8, 4) is 11.3 Å². The van der Waals surface area contributed by atoms with Gasteiger partial charge in [-0.1, -0.05) is 11.6 Å². The maximum Gasteiger partial charge on any atom is 0.417 e. The zero-order chi connectivity index (χ0) is 13.3. The van der Waals surface area contributed by atoms with E-state index in [-0.39, 0.29) is 21.7 Å². The number of pyridine rings is 1. The van der Waals surface area contributed by atoms with Gasteiger partial charge in [0.2, 0.25) is 5.28 Å². The lowest BCUT2D eigenvalue weighted by atomic mass is 10.1. The first-order valence-electron chi connectivity index (χ1n) is 4.59.